The van der Waals surface area contributed by atoms with Crippen molar-refractivity contribution in [2.45, 2.75) is 25.3 Å². The Morgan fingerprint density at radius 3 is 2.67 bits per heavy atom. The quantitative estimate of drug-likeness (QED) is 0.639. The van der Waals surface area contributed by atoms with E-state index in [2.05, 4.69) is 14.9 Å². The van der Waals surface area contributed by atoms with Crippen LogP contribution in [-0.2, 0) is 16.6 Å². The Morgan fingerprint density at radius 1 is 1.38 bits per heavy atom. The monoisotopic (exact) mass is 310 g/mol. The molecule has 1 heterocycles. The van der Waals surface area contributed by atoms with E-state index in [0.29, 0.717) is 11.1 Å². The van der Waals surface area contributed by atoms with Crippen LogP contribution in [-0.4, -0.2) is 23.5 Å². The molecule has 9 heteroatoms. The van der Waals surface area contributed by atoms with E-state index in [1.165, 1.54) is 18.3 Å². The van der Waals surface area contributed by atoms with Crippen molar-refractivity contribution >= 4 is 15.7 Å². The topological polar surface area (TPSA) is 118 Å². The maximum atomic E-state index is 12.2. The zero-order chi connectivity index (χ0) is 15.6. The van der Waals surface area contributed by atoms with Gasteiger partial charge in [0.25, 0.3) is 5.69 Å². The first-order valence-corrected chi connectivity index (χ1v) is 7.53. The Morgan fingerprint density at radius 2 is 2.10 bits per heavy atom. The summed E-state index contributed by atoms with van der Waals surface area (Å²) in [5.74, 6) is 0. The minimum Gasteiger partial charge on any atom is -0.283 e. The van der Waals surface area contributed by atoms with Gasteiger partial charge in [0, 0.05) is 29.4 Å². The van der Waals surface area contributed by atoms with Gasteiger partial charge in [0.2, 0.25) is 10.0 Å². The third kappa shape index (κ3) is 3.26. The van der Waals surface area contributed by atoms with Crippen LogP contribution in [0.5, 0.6) is 0 Å². The lowest BCUT2D eigenvalue weighted by Crippen LogP contribution is -2.23. The van der Waals surface area contributed by atoms with Crippen molar-refractivity contribution in [3.05, 3.63) is 51.3 Å². The first kappa shape index (κ1) is 15.1. The molecule has 0 aliphatic rings. The van der Waals surface area contributed by atoms with Crippen molar-refractivity contribution in [1.82, 2.24) is 14.9 Å². The van der Waals surface area contributed by atoms with Gasteiger partial charge in [0.05, 0.1) is 16.0 Å². The molecule has 0 unspecified atom stereocenters. The Labute approximate surface area is 121 Å². The summed E-state index contributed by atoms with van der Waals surface area (Å²) < 4.78 is 26.7. The minimum atomic E-state index is -3.82. The number of sulfonamides is 1. The van der Waals surface area contributed by atoms with Crippen LogP contribution in [0.4, 0.5) is 5.69 Å². The highest BCUT2D eigenvalue weighted by atomic mass is 32.2. The predicted molar refractivity (Wildman–Crippen MR) is 75.2 cm³/mol. The van der Waals surface area contributed by atoms with Crippen molar-refractivity contribution in [2.24, 2.45) is 0 Å². The highest BCUT2D eigenvalue weighted by Gasteiger charge is 2.19. The standard InChI is InChI=1S/C12H14N4O4S/c1-8-3-4-11(5-12(8)16(17)18)21(19,20)14-7-10-6-13-15-9(10)2/h3-6,14H,7H2,1-2H3,(H,13,15). The van der Waals surface area contributed by atoms with E-state index in [9.17, 15) is 18.5 Å². The molecule has 0 radical (unpaired) electrons. The summed E-state index contributed by atoms with van der Waals surface area (Å²) in [7, 11) is -3.82. The first-order valence-electron chi connectivity index (χ1n) is 6.05. The summed E-state index contributed by atoms with van der Waals surface area (Å²) in [6.07, 6.45) is 1.52. The molecule has 0 bridgehead atoms. The fraction of sp³-hybridized carbons (Fsp3) is 0.250. The van der Waals surface area contributed by atoms with E-state index in [1.807, 2.05) is 0 Å². The average Bonchev–Trinajstić information content (AvgIpc) is 2.82. The van der Waals surface area contributed by atoms with Gasteiger partial charge >= 0.3 is 0 Å². The van der Waals surface area contributed by atoms with E-state index in [1.54, 1.807) is 13.8 Å². The smallest absolute Gasteiger partial charge is 0.273 e. The number of nitrogens with one attached hydrogen (secondary N) is 2. The van der Waals surface area contributed by atoms with Crippen molar-refractivity contribution in [1.29, 1.82) is 0 Å². The van der Waals surface area contributed by atoms with Crippen molar-refractivity contribution in [3.8, 4) is 0 Å². The number of rotatable bonds is 5. The van der Waals surface area contributed by atoms with Gasteiger partial charge in [-0.2, -0.15) is 5.10 Å². The normalized spacial score (nSPS) is 11.5. The van der Waals surface area contributed by atoms with Crippen LogP contribution in [0.2, 0.25) is 0 Å². The third-order valence-electron chi connectivity index (χ3n) is 3.07. The van der Waals surface area contributed by atoms with Gasteiger partial charge in [-0.15, -0.1) is 0 Å². The second-order valence-electron chi connectivity index (χ2n) is 4.55. The molecule has 0 amide bonds. The Kier molecular flexibility index (Phi) is 4.05. The van der Waals surface area contributed by atoms with Crippen LogP contribution in [0.15, 0.2) is 29.3 Å². The van der Waals surface area contributed by atoms with Gasteiger partial charge in [0.15, 0.2) is 0 Å². The number of nitro groups is 1. The number of benzene rings is 1. The first-order chi connectivity index (χ1) is 9.81. The largest absolute Gasteiger partial charge is 0.283 e. The summed E-state index contributed by atoms with van der Waals surface area (Å²) in [5.41, 5.74) is 1.65. The van der Waals surface area contributed by atoms with Crippen LogP contribution >= 0.6 is 0 Å². The summed E-state index contributed by atoms with van der Waals surface area (Å²) in [6.45, 7) is 3.39. The van der Waals surface area contributed by atoms with Crippen LogP contribution in [0.1, 0.15) is 16.8 Å². The van der Waals surface area contributed by atoms with Crippen LogP contribution in [0, 0.1) is 24.0 Å². The minimum absolute atomic E-state index is 0.0618. The number of nitrogens with zero attached hydrogens (tertiary/aromatic N) is 2. The van der Waals surface area contributed by atoms with Gasteiger partial charge in [-0.25, -0.2) is 13.1 Å². The number of H-pyrrole nitrogens is 1. The molecule has 0 aliphatic carbocycles. The van der Waals surface area contributed by atoms with Crippen molar-refractivity contribution in [2.75, 3.05) is 0 Å². The van der Waals surface area contributed by atoms with Crippen molar-refractivity contribution in [3.63, 3.8) is 0 Å². The number of nitro benzene ring substituents is 1. The average molecular weight is 310 g/mol. The fourth-order valence-electron chi connectivity index (χ4n) is 1.76. The van der Waals surface area contributed by atoms with E-state index >= 15 is 0 Å². The van der Waals surface area contributed by atoms with Gasteiger partial charge < -0.3 is 0 Å². The molecule has 21 heavy (non-hydrogen) atoms. The Balaban J connectivity index is 2.26. The molecular formula is C12H14N4O4S. The number of aromatic amines is 1. The zero-order valence-corrected chi connectivity index (χ0v) is 12.3. The zero-order valence-electron chi connectivity index (χ0n) is 11.5. The molecule has 2 aromatic rings. The molecule has 0 spiro atoms. The second-order valence-corrected chi connectivity index (χ2v) is 6.32. The van der Waals surface area contributed by atoms with Crippen LogP contribution in [0.25, 0.3) is 0 Å². The van der Waals surface area contributed by atoms with Gasteiger partial charge in [-0.3, -0.25) is 15.2 Å². The number of aromatic nitrogens is 2. The highest BCUT2D eigenvalue weighted by molar-refractivity contribution is 7.89. The number of hydrogen-bond donors (Lipinski definition) is 2. The molecule has 0 fully saturated rings. The molecule has 2 rings (SSSR count). The van der Waals surface area contributed by atoms with Crippen LogP contribution in [0.3, 0.4) is 0 Å². The van der Waals surface area contributed by atoms with Gasteiger partial charge in [0.1, 0.15) is 0 Å². The molecule has 112 valence electrons. The molecule has 2 N–H and O–H groups in total. The Hall–Kier alpha value is -2.26. The predicted octanol–water partition coefficient (Wildman–Crippen LogP) is 1.41. The van der Waals surface area contributed by atoms with E-state index in [4.69, 9.17) is 0 Å². The van der Waals surface area contributed by atoms with Gasteiger partial charge in [-0.1, -0.05) is 6.07 Å². The van der Waals surface area contributed by atoms with Gasteiger partial charge in [-0.05, 0) is 19.9 Å². The molecule has 0 saturated carbocycles. The molecule has 0 saturated heterocycles. The second kappa shape index (κ2) is 5.62. The molecular weight excluding hydrogens is 296 g/mol. The van der Waals surface area contributed by atoms with E-state index in [0.717, 1.165) is 11.8 Å². The summed E-state index contributed by atoms with van der Waals surface area (Å²) >= 11 is 0. The van der Waals surface area contributed by atoms with E-state index in [-0.39, 0.29) is 17.1 Å². The van der Waals surface area contributed by atoms with Crippen LogP contribution < -0.4 is 4.72 Å². The summed E-state index contributed by atoms with van der Waals surface area (Å²) in [6, 6.07) is 3.81. The maximum Gasteiger partial charge on any atom is 0.273 e. The fourth-order valence-corrected chi connectivity index (χ4v) is 2.79. The lowest BCUT2D eigenvalue weighted by molar-refractivity contribution is -0.385. The lowest BCUT2D eigenvalue weighted by atomic mass is 10.2. The molecule has 1 aromatic heterocycles. The molecule has 1 aromatic carbocycles. The SMILES string of the molecule is Cc1ccc(S(=O)(=O)NCc2cn[nH]c2C)cc1[N+](=O)[O-]. The maximum absolute atomic E-state index is 12.2. The third-order valence-corrected chi connectivity index (χ3v) is 4.47. The number of aryl methyl sites for hydroxylation is 2. The molecule has 0 atom stereocenters. The highest BCUT2D eigenvalue weighted by Crippen LogP contribution is 2.22. The summed E-state index contributed by atoms with van der Waals surface area (Å²) in [4.78, 5) is 10.1. The van der Waals surface area contributed by atoms with Crippen molar-refractivity contribution < 1.29 is 13.3 Å². The van der Waals surface area contributed by atoms with E-state index < -0.39 is 14.9 Å². The summed E-state index contributed by atoms with van der Waals surface area (Å²) in [5, 5.41) is 17.4. The molecule has 8 nitrogen and oxygen atoms in total. The molecule has 0 aliphatic heterocycles. The lowest BCUT2D eigenvalue weighted by Gasteiger charge is -2.07. The Bertz CT molecular complexity index is 782. The number of hydrogen-bond acceptors (Lipinski definition) is 5.